The summed E-state index contributed by atoms with van der Waals surface area (Å²) in [4.78, 5) is 4.30. The third-order valence-electron chi connectivity index (χ3n) is 4.54. The molecule has 0 saturated heterocycles. The van der Waals surface area contributed by atoms with Crippen LogP contribution in [0.2, 0.25) is 0 Å². The van der Waals surface area contributed by atoms with Crippen molar-refractivity contribution in [1.82, 2.24) is 25.4 Å². The van der Waals surface area contributed by atoms with Crippen molar-refractivity contribution in [2.45, 2.75) is 52.2 Å². The Bertz CT molecular complexity index is 746. The molecule has 27 heavy (non-hydrogen) atoms. The number of guanidine groups is 1. The molecule has 148 valence electrons. The first-order valence-corrected chi connectivity index (χ1v) is 9.38. The number of halogens is 1. The van der Waals surface area contributed by atoms with Crippen LogP contribution in [0.3, 0.4) is 0 Å². The second-order valence-corrected chi connectivity index (χ2v) is 6.31. The topological polar surface area (TPSA) is 76.4 Å². The first kappa shape index (κ1) is 21.5. The molecule has 7 nitrogen and oxygen atoms in total. The van der Waals surface area contributed by atoms with Gasteiger partial charge in [0.25, 0.3) is 0 Å². The predicted octanol–water partition coefficient (Wildman–Crippen LogP) is 2.89. The van der Waals surface area contributed by atoms with Gasteiger partial charge in [-0.05, 0) is 25.8 Å². The van der Waals surface area contributed by atoms with Gasteiger partial charge in [-0.25, -0.2) is 0 Å². The lowest BCUT2D eigenvalue weighted by Gasteiger charge is -2.14. The van der Waals surface area contributed by atoms with Crippen LogP contribution in [-0.2, 0) is 26.1 Å². The number of nitrogens with zero attached hydrogens (tertiary/aromatic N) is 4. The summed E-state index contributed by atoms with van der Waals surface area (Å²) >= 11 is 0. The minimum absolute atomic E-state index is 0. The number of fused-ring (bicyclic) bond motifs is 1. The Morgan fingerprint density at radius 3 is 2.78 bits per heavy atom. The van der Waals surface area contributed by atoms with Crippen LogP contribution >= 0.6 is 24.0 Å². The second-order valence-electron chi connectivity index (χ2n) is 6.31. The zero-order valence-corrected chi connectivity index (χ0v) is 18.4. The van der Waals surface area contributed by atoms with E-state index in [9.17, 15) is 0 Å². The van der Waals surface area contributed by atoms with Crippen molar-refractivity contribution in [3.8, 4) is 5.75 Å². The van der Waals surface area contributed by atoms with Gasteiger partial charge >= 0.3 is 0 Å². The zero-order chi connectivity index (χ0) is 18.2. The first-order valence-electron chi connectivity index (χ1n) is 9.38. The van der Waals surface area contributed by atoms with Gasteiger partial charge in [0, 0.05) is 32.1 Å². The van der Waals surface area contributed by atoms with E-state index in [-0.39, 0.29) is 24.0 Å². The normalized spacial score (nSPS) is 13.9. The molecular weight excluding hydrogens is 455 g/mol. The SMILES string of the molecule is CCOc1ccccc1CNC(=NC)NCc1nnc2n1CCCCC2.I. The highest BCUT2D eigenvalue weighted by Crippen LogP contribution is 2.17. The van der Waals surface area contributed by atoms with Crippen LogP contribution in [-0.4, -0.2) is 34.4 Å². The standard InChI is InChI=1S/C19H28N6O.HI/c1-3-26-16-10-7-6-9-15(16)13-21-19(20-2)22-14-18-24-23-17-11-5-4-8-12-25(17)18;/h6-7,9-10H,3-5,8,11-14H2,1-2H3,(H2,20,21,22);1H. The van der Waals surface area contributed by atoms with Crippen molar-refractivity contribution >= 4 is 29.9 Å². The van der Waals surface area contributed by atoms with Gasteiger partial charge in [0.15, 0.2) is 11.8 Å². The summed E-state index contributed by atoms with van der Waals surface area (Å²) in [5, 5.41) is 15.4. The molecule has 2 aromatic rings. The maximum absolute atomic E-state index is 5.67. The van der Waals surface area contributed by atoms with Crippen LogP contribution in [0.15, 0.2) is 29.3 Å². The summed E-state index contributed by atoms with van der Waals surface area (Å²) in [6.45, 7) is 4.91. The summed E-state index contributed by atoms with van der Waals surface area (Å²) < 4.78 is 7.92. The third-order valence-corrected chi connectivity index (χ3v) is 4.54. The van der Waals surface area contributed by atoms with Gasteiger partial charge in [-0.2, -0.15) is 0 Å². The molecule has 0 spiro atoms. The van der Waals surface area contributed by atoms with E-state index in [1.807, 2.05) is 25.1 Å². The highest BCUT2D eigenvalue weighted by molar-refractivity contribution is 14.0. The average Bonchev–Trinajstić information content (AvgIpc) is 2.89. The molecule has 0 amide bonds. The molecular formula is C19H29IN6O. The van der Waals surface area contributed by atoms with Gasteiger partial charge in [0.05, 0.1) is 13.2 Å². The lowest BCUT2D eigenvalue weighted by Crippen LogP contribution is -2.37. The summed E-state index contributed by atoms with van der Waals surface area (Å²) in [6.07, 6.45) is 4.68. The van der Waals surface area contributed by atoms with Crippen molar-refractivity contribution in [2.75, 3.05) is 13.7 Å². The zero-order valence-electron chi connectivity index (χ0n) is 16.1. The van der Waals surface area contributed by atoms with Crippen molar-refractivity contribution in [3.05, 3.63) is 41.5 Å². The number of aromatic nitrogens is 3. The van der Waals surface area contributed by atoms with Crippen molar-refractivity contribution in [2.24, 2.45) is 4.99 Å². The van der Waals surface area contributed by atoms with E-state index < -0.39 is 0 Å². The third kappa shape index (κ3) is 5.82. The summed E-state index contributed by atoms with van der Waals surface area (Å²) in [5.41, 5.74) is 1.11. The van der Waals surface area contributed by atoms with Crippen LogP contribution in [0.25, 0.3) is 0 Å². The van der Waals surface area contributed by atoms with E-state index in [4.69, 9.17) is 4.74 Å². The largest absolute Gasteiger partial charge is 0.494 e. The molecule has 0 bridgehead atoms. The van der Waals surface area contributed by atoms with Crippen LogP contribution in [0, 0.1) is 0 Å². The number of benzene rings is 1. The molecule has 1 aliphatic heterocycles. The van der Waals surface area contributed by atoms with Crippen LogP contribution in [0.4, 0.5) is 0 Å². The highest BCUT2D eigenvalue weighted by atomic mass is 127. The Morgan fingerprint density at radius 1 is 1.15 bits per heavy atom. The number of hydrogen-bond donors (Lipinski definition) is 2. The average molecular weight is 484 g/mol. The van der Waals surface area contributed by atoms with Gasteiger partial charge in [-0.3, -0.25) is 4.99 Å². The first-order chi connectivity index (χ1) is 12.8. The molecule has 3 rings (SSSR count). The summed E-state index contributed by atoms with van der Waals surface area (Å²) in [5.74, 6) is 3.72. The smallest absolute Gasteiger partial charge is 0.191 e. The van der Waals surface area contributed by atoms with Crippen LogP contribution < -0.4 is 15.4 Å². The number of para-hydroxylation sites is 1. The van der Waals surface area contributed by atoms with Gasteiger partial charge in [-0.1, -0.05) is 24.6 Å². The lowest BCUT2D eigenvalue weighted by atomic mass is 10.2. The van der Waals surface area contributed by atoms with Gasteiger partial charge in [0.2, 0.25) is 0 Å². The van der Waals surface area contributed by atoms with E-state index in [1.165, 1.54) is 19.3 Å². The van der Waals surface area contributed by atoms with Crippen LogP contribution in [0.5, 0.6) is 5.75 Å². The molecule has 0 radical (unpaired) electrons. The molecule has 2 N–H and O–H groups in total. The Labute approximate surface area is 178 Å². The Balaban J connectivity index is 0.00000261. The molecule has 8 heteroatoms. The molecule has 0 atom stereocenters. The van der Waals surface area contributed by atoms with Gasteiger partial charge in [0.1, 0.15) is 11.6 Å². The second kappa shape index (κ2) is 11.1. The molecule has 1 aromatic carbocycles. The molecule has 0 fully saturated rings. The Morgan fingerprint density at radius 2 is 1.96 bits per heavy atom. The fourth-order valence-corrected chi connectivity index (χ4v) is 3.18. The monoisotopic (exact) mass is 484 g/mol. The summed E-state index contributed by atoms with van der Waals surface area (Å²) in [7, 11) is 1.77. The van der Waals surface area contributed by atoms with E-state index >= 15 is 0 Å². The van der Waals surface area contributed by atoms with E-state index in [1.54, 1.807) is 7.05 Å². The summed E-state index contributed by atoms with van der Waals surface area (Å²) in [6, 6.07) is 8.05. The quantitative estimate of drug-likeness (QED) is 0.375. The number of aryl methyl sites for hydroxylation is 1. The Kier molecular flexibility index (Phi) is 8.83. The fourth-order valence-electron chi connectivity index (χ4n) is 3.18. The van der Waals surface area contributed by atoms with E-state index in [0.717, 1.165) is 41.9 Å². The number of aliphatic imine (C=N–C) groups is 1. The lowest BCUT2D eigenvalue weighted by molar-refractivity contribution is 0.336. The molecule has 1 aliphatic rings. The number of ether oxygens (including phenoxy) is 1. The molecule has 2 heterocycles. The maximum Gasteiger partial charge on any atom is 0.191 e. The maximum atomic E-state index is 5.67. The molecule has 0 saturated carbocycles. The van der Waals surface area contributed by atoms with E-state index in [0.29, 0.717) is 19.7 Å². The molecule has 0 aliphatic carbocycles. The fraction of sp³-hybridized carbons (Fsp3) is 0.526. The molecule has 1 aromatic heterocycles. The molecule has 0 unspecified atom stereocenters. The van der Waals surface area contributed by atoms with Crippen LogP contribution in [0.1, 0.15) is 43.4 Å². The minimum Gasteiger partial charge on any atom is -0.494 e. The van der Waals surface area contributed by atoms with Crippen molar-refractivity contribution < 1.29 is 4.74 Å². The van der Waals surface area contributed by atoms with Gasteiger partial charge in [-0.15, -0.1) is 34.2 Å². The van der Waals surface area contributed by atoms with Crippen molar-refractivity contribution in [1.29, 1.82) is 0 Å². The predicted molar refractivity (Wildman–Crippen MR) is 118 cm³/mol. The van der Waals surface area contributed by atoms with Crippen molar-refractivity contribution in [3.63, 3.8) is 0 Å². The Hall–Kier alpha value is -1.84. The number of hydrogen-bond acceptors (Lipinski definition) is 4. The number of nitrogens with one attached hydrogen (secondary N) is 2. The minimum atomic E-state index is 0. The highest BCUT2D eigenvalue weighted by Gasteiger charge is 2.14. The number of rotatable bonds is 6. The van der Waals surface area contributed by atoms with E-state index in [2.05, 4.69) is 36.5 Å². The van der Waals surface area contributed by atoms with Gasteiger partial charge < -0.3 is 19.9 Å².